The number of ether oxygens (including phenoxy) is 1. The van der Waals surface area contributed by atoms with Gasteiger partial charge in [0.25, 0.3) is 5.91 Å². The van der Waals surface area contributed by atoms with Gasteiger partial charge in [0.05, 0.1) is 19.3 Å². The molecule has 1 N–H and O–H groups in total. The summed E-state index contributed by atoms with van der Waals surface area (Å²) >= 11 is 1.56. The van der Waals surface area contributed by atoms with Crippen molar-refractivity contribution < 1.29 is 14.3 Å². The van der Waals surface area contributed by atoms with Crippen molar-refractivity contribution in [2.24, 2.45) is 0 Å². The lowest BCUT2D eigenvalue weighted by atomic mass is 10.2. The number of aromatic nitrogens is 2. The van der Waals surface area contributed by atoms with Crippen LogP contribution in [-0.2, 0) is 27.4 Å². The van der Waals surface area contributed by atoms with E-state index >= 15 is 0 Å². The van der Waals surface area contributed by atoms with Crippen LogP contribution in [0.2, 0.25) is 0 Å². The lowest BCUT2D eigenvalue weighted by Gasteiger charge is -2.03. The lowest BCUT2D eigenvalue weighted by molar-refractivity contribution is -0.143. The van der Waals surface area contributed by atoms with Gasteiger partial charge in [0.1, 0.15) is 0 Å². The highest BCUT2D eigenvalue weighted by Gasteiger charge is 2.05. The molecular weight excluding hydrogens is 362 g/mol. The molecule has 0 unspecified atom stereocenters. The molecule has 138 valence electrons. The second-order valence-corrected chi connectivity index (χ2v) is 6.79. The third-order valence-corrected chi connectivity index (χ3v) is 4.51. The van der Waals surface area contributed by atoms with Gasteiger partial charge in [-0.3, -0.25) is 9.48 Å². The molecule has 0 spiro atoms. The van der Waals surface area contributed by atoms with Crippen LogP contribution in [0.4, 0.5) is 0 Å². The summed E-state index contributed by atoms with van der Waals surface area (Å²) in [4.78, 5) is 24.5. The summed E-state index contributed by atoms with van der Waals surface area (Å²) in [5.41, 5.74) is 1.93. The molecular formula is C20H19N3O3S. The van der Waals surface area contributed by atoms with Crippen LogP contribution in [0, 0.1) is 0 Å². The molecule has 3 rings (SSSR count). The van der Waals surface area contributed by atoms with Gasteiger partial charge in [0, 0.05) is 22.7 Å². The van der Waals surface area contributed by atoms with Crippen molar-refractivity contribution in [3.05, 3.63) is 82.3 Å². The van der Waals surface area contributed by atoms with Crippen molar-refractivity contribution in [3.63, 3.8) is 0 Å². The van der Waals surface area contributed by atoms with Crippen molar-refractivity contribution in [3.8, 4) is 0 Å². The molecule has 2 aromatic heterocycles. The third-order valence-electron chi connectivity index (χ3n) is 3.64. The maximum absolute atomic E-state index is 11.7. The Bertz CT molecular complexity index is 902. The van der Waals surface area contributed by atoms with Crippen molar-refractivity contribution in [2.75, 3.05) is 6.61 Å². The Labute approximate surface area is 161 Å². The standard InChI is InChI=1S/C20H19N3O3S/c24-19(21-12-18-7-4-10-27-18)15-26-20(25)9-8-17-11-22-23(14-17)13-16-5-2-1-3-6-16/h1-11,14H,12-13,15H2,(H,21,24)/b9-8+. The van der Waals surface area contributed by atoms with Crippen LogP contribution >= 0.6 is 11.3 Å². The summed E-state index contributed by atoms with van der Waals surface area (Å²) in [5.74, 6) is -0.905. The van der Waals surface area contributed by atoms with Crippen molar-refractivity contribution in [1.82, 2.24) is 15.1 Å². The van der Waals surface area contributed by atoms with Gasteiger partial charge in [-0.15, -0.1) is 11.3 Å². The Morgan fingerprint density at radius 1 is 1.19 bits per heavy atom. The van der Waals surface area contributed by atoms with Gasteiger partial charge < -0.3 is 10.1 Å². The molecule has 7 heteroatoms. The summed E-state index contributed by atoms with van der Waals surface area (Å²) in [6, 6.07) is 13.8. The summed E-state index contributed by atoms with van der Waals surface area (Å²) < 4.78 is 6.73. The first-order valence-electron chi connectivity index (χ1n) is 8.39. The van der Waals surface area contributed by atoms with Crippen LogP contribution < -0.4 is 5.32 Å². The van der Waals surface area contributed by atoms with E-state index in [4.69, 9.17) is 4.74 Å². The van der Waals surface area contributed by atoms with Crippen molar-refractivity contribution in [2.45, 2.75) is 13.1 Å². The largest absolute Gasteiger partial charge is 0.452 e. The molecule has 0 aliphatic carbocycles. The van der Waals surface area contributed by atoms with E-state index in [1.165, 1.54) is 6.08 Å². The Hall–Kier alpha value is -3.19. The second-order valence-electron chi connectivity index (χ2n) is 5.75. The predicted octanol–water partition coefficient (Wildman–Crippen LogP) is 2.87. The number of amides is 1. The molecule has 27 heavy (non-hydrogen) atoms. The van der Waals surface area contributed by atoms with E-state index in [1.54, 1.807) is 28.3 Å². The average Bonchev–Trinajstić information content (AvgIpc) is 3.36. The number of thiophene rings is 1. The second kappa shape index (κ2) is 9.49. The molecule has 1 aromatic carbocycles. The highest BCUT2D eigenvalue weighted by Crippen LogP contribution is 2.07. The molecule has 3 aromatic rings. The van der Waals surface area contributed by atoms with Crippen molar-refractivity contribution in [1.29, 1.82) is 0 Å². The van der Waals surface area contributed by atoms with E-state index in [0.717, 1.165) is 16.0 Å². The number of hydrogen-bond acceptors (Lipinski definition) is 5. The minimum atomic E-state index is -0.572. The quantitative estimate of drug-likeness (QED) is 0.481. The number of benzene rings is 1. The number of hydrogen-bond donors (Lipinski definition) is 1. The summed E-state index contributed by atoms with van der Waals surface area (Å²) in [6.45, 7) is 0.788. The molecule has 0 atom stereocenters. The number of esters is 1. The minimum absolute atomic E-state index is 0.304. The molecule has 1 amide bonds. The van der Waals surface area contributed by atoms with E-state index in [1.807, 2.05) is 54.0 Å². The van der Waals surface area contributed by atoms with E-state index in [0.29, 0.717) is 13.1 Å². The zero-order valence-electron chi connectivity index (χ0n) is 14.6. The smallest absolute Gasteiger partial charge is 0.331 e. The Kier molecular flexibility index (Phi) is 6.54. The molecule has 0 fully saturated rings. The number of nitrogens with zero attached hydrogens (tertiary/aromatic N) is 2. The van der Waals surface area contributed by atoms with Crippen LogP contribution in [0.3, 0.4) is 0 Å². The first kappa shape index (κ1) is 18.6. The highest BCUT2D eigenvalue weighted by atomic mass is 32.1. The number of rotatable bonds is 8. The number of carbonyl (C=O) groups excluding carboxylic acids is 2. The Morgan fingerprint density at radius 3 is 2.81 bits per heavy atom. The van der Waals surface area contributed by atoms with E-state index < -0.39 is 5.97 Å². The molecule has 2 heterocycles. The fourth-order valence-electron chi connectivity index (χ4n) is 2.32. The van der Waals surface area contributed by atoms with E-state index in [2.05, 4.69) is 10.4 Å². The van der Waals surface area contributed by atoms with Crippen LogP contribution in [-0.4, -0.2) is 28.3 Å². The minimum Gasteiger partial charge on any atom is -0.452 e. The molecule has 0 bridgehead atoms. The van der Waals surface area contributed by atoms with Gasteiger partial charge in [0.2, 0.25) is 0 Å². The lowest BCUT2D eigenvalue weighted by Crippen LogP contribution is -2.27. The molecule has 6 nitrogen and oxygen atoms in total. The Balaban J connectivity index is 1.41. The maximum Gasteiger partial charge on any atom is 0.331 e. The maximum atomic E-state index is 11.7. The van der Waals surface area contributed by atoms with Crippen LogP contribution in [0.5, 0.6) is 0 Å². The molecule has 0 radical (unpaired) electrons. The average molecular weight is 381 g/mol. The topological polar surface area (TPSA) is 73.2 Å². The molecule has 0 saturated heterocycles. The SMILES string of the molecule is O=C(COC(=O)/C=C/c1cnn(Cc2ccccc2)c1)NCc1cccs1. The highest BCUT2D eigenvalue weighted by molar-refractivity contribution is 7.09. The van der Waals surface area contributed by atoms with Gasteiger partial charge in [-0.25, -0.2) is 4.79 Å². The third kappa shape index (κ3) is 6.23. The summed E-state index contributed by atoms with van der Waals surface area (Å²) in [7, 11) is 0. The van der Waals surface area contributed by atoms with E-state index in [-0.39, 0.29) is 12.5 Å². The Morgan fingerprint density at radius 2 is 2.04 bits per heavy atom. The fraction of sp³-hybridized carbons (Fsp3) is 0.150. The van der Waals surface area contributed by atoms with Crippen LogP contribution in [0.1, 0.15) is 16.0 Å². The number of carbonyl (C=O) groups is 2. The normalized spacial score (nSPS) is 10.8. The molecule has 0 aliphatic heterocycles. The summed E-state index contributed by atoms with van der Waals surface area (Å²) in [5, 5.41) is 8.90. The predicted molar refractivity (Wildman–Crippen MR) is 104 cm³/mol. The van der Waals surface area contributed by atoms with Crippen LogP contribution in [0.15, 0.2) is 66.3 Å². The van der Waals surface area contributed by atoms with Gasteiger partial charge in [-0.2, -0.15) is 5.10 Å². The van der Waals surface area contributed by atoms with Crippen LogP contribution in [0.25, 0.3) is 6.08 Å². The number of nitrogens with one attached hydrogen (secondary N) is 1. The summed E-state index contributed by atoms with van der Waals surface area (Å²) in [6.07, 6.45) is 6.40. The molecule has 0 saturated carbocycles. The first-order valence-corrected chi connectivity index (χ1v) is 9.27. The van der Waals surface area contributed by atoms with Crippen molar-refractivity contribution >= 4 is 29.3 Å². The van der Waals surface area contributed by atoms with Gasteiger partial charge in [-0.05, 0) is 23.1 Å². The molecule has 0 aliphatic rings. The first-order chi connectivity index (χ1) is 13.2. The zero-order valence-corrected chi connectivity index (χ0v) is 15.4. The van der Waals surface area contributed by atoms with Gasteiger partial charge in [0.15, 0.2) is 6.61 Å². The van der Waals surface area contributed by atoms with Gasteiger partial charge in [-0.1, -0.05) is 36.4 Å². The van der Waals surface area contributed by atoms with E-state index in [9.17, 15) is 9.59 Å². The monoisotopic (exact) mass is 381 g/mol. The zero-order chi connectivity index (χ0) is 18.9. The van der Waals surface area contributed by atoms with Gasteiger partial charge >= 0.3 is 5.97 Å². The fourth-order valence-corrected chi connectivity index (χ4v) is 2.97.